The fourth-order valence-electron chi connectivity index (χ4n) is 1.81. The summed E-state index contributed by atoms with van der Waals surface area (Å²) in [5, 5.41) is 4.19. The minimum atomic E-state index is 0.0341. The molecule has 0 saturated heterocycles. The quantitative estimate of drug-likeness (QED) is 0.594. The number of nitrogens with two attached hydrogens (primary N) is 1. The number of thioether (sulfide) groups is 1. The molecule has 3 N–H and O–H groups in total. The molecule has 0 fully saturated rings. The lowest BCUT2D eigenvalue weighted by Crippen LogP contribution is -2.11. The second-order valence-corrected chi connectivity index (χ2v) is 7.56. The van der Waals surface area contributed by atoms with Crippen molar-refractivity contribution < 1.29 is 4.79 Å². The maximum atomic E-state index is 11.9. The van der Waals surface area contributed by atoms with E-state index in [0.29, 0.717) is 22.5 Å². The number of rotatable bonds is 7. The molecule has 0 aliphatic carbocycles. The number of aromatic nitrogens is 1. The van der Waals surface area contributed by atoms with Crippen LogP contribution in [-0.4, -0.2) is 21.9 Å². The standard InChI is InChI=1S/C15H21N3OS2/c1-3-10(2)20-8-4-5-14(19)18-15-17-12-7-6-11(16)9-13(12)21-15/h6-7,9-10H,3-5,8,16H2,1-2H3,(H,17,18,19). The van der Waals surface area contributed by atoms with Gasteiger partial charge in [-0.3, -0.25) is 4.79 Å². The zero-order valence-electron chi connectivity index (χ0n) is 12.4. The first-order chi connectivity index (χ1) is 10.1. The summed E-state index contributed by atoms with van der Waals surface area (Å²) in [6.45, 7) is 4.40. The molecule has 0 saturated carbocycles. The predicted molar refractivity (Wildman–Crippen MR) is 94.1 cm³/mol. The van der Waals surface area contributed by atoms with Crippen molar-refractivity contribution in [2.24, 2.45) is 0 Å². The van der Waals surface area contributed by atoms with Gasteiger partial charge in [-0.1, -0.05) is 25.2 Å². The Bertz CT molecular complexity index is 612. The number of nitrogens with zero attached hydrogens (tertiary/aromatic N) is 1. The van der Waals surface area contributed by atoms with Gasteiger partial charge in [0.05, 0.1) is 10.2 Å². The Morgan fingerprint density at radius 1 is 1.52 bits per heavy atom. The third-order valence-corrected chi connectivity index (χ3v) is 5.54. The molecule has 2 rings (SSSR count). The first kappa shape index (κ1) is 16.1. The van der Waals surface area contributed by atoms with Crippen LogP contribution < -0.4 is 11.1 Å². The zero-order chi connectivity index (χ0) is 15.2. The van der Waals surface area contributed by atoms with E-state index in [1.165, 1.54) is 17.8 Å². The number of carbonyl (C=O) groups is 1. The molecular formula is C15H21N3OS2. The molecule has 0 spiro atoms. The number of thiazole rings is 1. The maximum Gasteiger partial charge on any atom is 0.226 e. The molecule has 114 valence electrons. The van der Waals surface area contributed by atoms with Gasteiger partial charge in [0.15, 0.2) is 5.13 Å². The average Bonchev–Trinajstić information content (AvgIpc) is 2.84. The Kier molecular flexibility index (Phi) is 5.87. The van der Waals surface area contributed by atoms with Crippen LogP contribution in [0, 0.1) is 0 Å². The lowest BCUT2D eigenvalue weighted by molar-refractivity contribution is -0.116. The second-order valence-electron chi connectivity index (χ2n) is 4.99. The third kappa shape index (κ3) is 4.89. The molecule has 0 aliphatic heterocycles. The molecule has 6 heteroatoms. The normalized spacial score (nSPS) is 12.5. The molecular weight excluding hydrogens is 302 g/mol. The van der Waals surface area contributed by atoms with Crippen molar-refractivity contribution in [3.8, 4) is 0 Å². The summed E-state index contributed by atoms with van der Waals surface area (Å²) in [4.78, 5) is 16.3. The number of nitrogens with one attached hydrogen (secondary N) is 1. The largest absolute Gasteiger partial charge is 0.399 e. The number of carbonyl (C=O) groups excluding carboxylic acids is 1. The number of hydrogen-bond acceptors (Lipinski definition) is 5. The van der Waals surface area contributed by atoms with Gasteiger partial charge in [0.25, 0.3) is 0 Å². The van der Waals surface area contributed by atoms with Gasteiger partial charge in [0.1, 0.15) is 0 Å². The topological polar surface area (TPSA) is 68.0 Å². The molecule has 0 aliphatic rings. The highest BCUT2D eigenvalue weighted by Crippen LogP contribution is 2.27. The van der Waals surface area contributed by atoms with E-state index in [1.807, 2.05) is 30.0 Å². The van der Waals surface area contributed by atoms with Gasteiger partial charge >= 0.3 is 0 Å². The van der Waals surface area contributed by atoms with Crippen LogP contribution in [0.2, 0.25) is 0 Å². The molecule has 0 bridgehead atoms. The maximum absolute atomic E-state index is 11.9. The number of benzene rings is 1. The van der Waals surface area contributed by atoms with Gasteiger partial charge < -0.3 is 11.1 Å². The molecule has 1 aromatic heterocycles. The third-order valence-electron chi connectivity index (χ3n) is 3.18. The molecule has 1 aromatic carbocycles. The van der Waals surface area contributed by atoms with Gasteiger partial charge in [-0.25, -0.2) is 4.98 Å². The summed E-state index contributed by atoms with van der Waals surface area (Å²) in [7, 11) is 0. The minimum Gasteiger partial charge on any atom is -0.399 e. The van der Waals surface area contributed by atoms with E-state index in [1.54, 1.807) is 0 Å². The lowest BCUT2D eigenvalue weighted by Gasteiger charge is -2.07. The smallest absolute Gasteiger partial charge is 0.226 e. The van der Waals surface area contributed by atoms with Gasteiger partial charge in [-0.05, 0) is 36.8 Å². The van der Waals surface area contributed by atoms with E-state index < -0.39 is 0 Å². The van der Waals surface area contributed by atoms with Crippen molar-refractivity contribution in [2.75, 3.05) is 16.8 Å². The predicted octanol–water partition coefficient (Wildman–Crippen LogP) is 4.13. The fraction of sp³-hybridized carbons (Fsp3) is 0.467. The average molecular weight is 323 g/mol. The van der Waals surface area contributed by atoms with Crippen molar-refractivity contribution in [3.05, 3.63) is 18.2 Å². The van der Waals surface area contributed by atoms with E-state index in [4.69, 9.17) is 5.73 Å². The van der Waals surface area contributed by atoms with Crippen LogP contribution in [0.15, 0.2) is 18.2 Å². The van der Waals surface area contributed by atoms with Crippen LogP contribution in [-0.2, 0) is 4.79 Å². The van der Waals surface area contributed by atoms with E-state index in [2.05, 4.69) is 24.1 Å². The molecule has 1 atom stereocenters. The summed E-state index contributed by atoms with van der Waals surface area (Å²) in [6, 6.07) is 5.57. The van der Waals surface area contributed by atoms with Crippen LogP contribution in [0.5, 0.6) is 0 Å². The summed E-state index contributed by atoms with van der Waals surface area (Å²) < 4.78 is 0.998. The van der Waals surface area contributed by atoms with Gasteiger partial charge in [0, 0.05) is 17.4 Å². The van der Waals surface area contributed by atoms with E-state index in [-0.39, 0.29) is 5.91 Å². The first-order valence-corrected chi connectivity index (χ1v) is 9.02. The first-order valence-electron chi connectivity index (χ1n) is 7.16. The molecule has 1 unspecified atom stereocenters. The lowest BCUT2D eigenvalue weighted by atomic mass is 10.3. The Morgan fingerprint density at radius 3 is 3.10 bits per heavy atom. The molecule has 4 nitrogen and oxygen atoms in total. The highest BCUT2D eigenvalue weighted by Gasteiger charge is 2.08. The van der Waals surface area contributed by atoms with Crippen LogP contribution in [0.4, 0.5) is 10.8 Å². The van der Waals surface area contributed by atoms with E-state index >= 15 is 0 Å². The molecule has 2 aromatic rings. The summed E-state index contributed by atoms with van der Waals surface area (Å²) in [6.07, 6.45) is 2.62. The van der Waals surface area contributed by atoms with Gasteiger partial charge in [-0.2, -0.15) is 11.8 Å². The SMILES string of the molecule is CCC(C)SCCCC(=O)Nc1nc2ccc(N)cc2s1. The summed E-state index contributed by atoms with van der Waals surface area (Å²) in [5.74, 6) is 1.06. The monoisotopic (exact) mass is 323 g/mol. The van der Waals surface area contributed by atoms with E-state index in [9.17, 15) is 4.79 Å². The van der Waals surface area contributed by atoms with Gasteiger partial charge in [0.2, 0.25) is 5.91 Å². The minimum absolute atomic E-state index is 0.0341. The van der Waals surface area contributed by atoms with Crippen molar-refractivity contribution in [3.63, 3.8) is 0 Å². The number of fused-ring (bicyclic) bond motifs is 1. The summed E-state index contributed by atoms with van der Waals surface area (Å²) in [5.41, 5.74) is 7.33. The number of amides is 1. The van der Waals surface area contributed by atoms with Crippen molar-refractivity contribution in [2.45, 2.75) is 38.4 Å². The fourth-order valence-corrected chi connectivity index (χ4v) is 3.69. The van der Waals surface area contributed by atoms with Crippen LogP contribution >= 0.6 is 23.1 Å². The summed E-state index contributed by atoms with van der Waals surface area (Å²) >= 11 is 3.38. The van der Waals surface area contributed by atoms with Crippen molar-refractivity contribution >= 4 is 50.0 Å². The van der Waals surface area contributed by atoms with Crippen LogP contribution in [0.25, 0.3) is 10.2 Å². The Hall–Kier alpha value is -1.27. The highest BCUT2D eigenvalue weighted by atomic mass is 32.2. The zero-order valence-corrected chi connectivity index (χ0v) is 14.0. The van der Waals surface area contributed by atoms with E-state index in [0.717, 1.165) is 22.4 Å². The number of anilines is 2. The number of hydrogen-bond donors (Lipinski definition) is 2. The molecule has 1 amide bonds. The Balaban J connectivity index is 1.81. The molecule has 1 heterocycles. The number of nitrogen functional groups attached to an aromatic ring is 1. The second kappa shape index (κ2) is 7.66. The van der Waals surface area contributed by atoms with Gasteiger partial charge in [-0.15, -0.1) is 0 Å². The van der Waals surface area contributed by atoms with Crippen molar-refractivity contribution in [1.82, 2.24) is 4.98 Å². The van der Waals surface area contributed by atoms with Crippen LogP contribution in [0.3, 0.4) is 0 Å². The molecule has 21 heavy (non-hydrogen) atoms. The Morgan fingerprint density at radius 2 is 2.33 bits per heavy atom. The van der Waals surface area contributed by atoms with Crippen molar-refractivity contribution in [1.29, 1.82) is 0 Å². The molecule has 0 radical (unpaired) electrons. The van der Waals surface area contributed by atoms with Crippen LogP contribution in [0.1, 0.15) is 33.1 Å². The Labute approximate surface area is 133 Å². The highest BCUT2D eigenvalue weighted by molar-refractivity contribution is 7.99.